The molecule has 0 spiro atoms. The number of nitrogens with one attached hydrogen (secondary N) is 2. The molecule has 2 aromatic carbocycles. The van der Waals surface area contributed by atoms with E-state index < -0.39 is 11.8 Å². The van der Waals surface area contributed by atoms with Crippen molar-refractivity contribution in [2.45, 2.75) is 12.8 Å². The number of carbonyl (C=O) groups is 2. The van der Waals surface area contributed by atoms with Crippen molar-refractivity contribution in [2.24, 2.45) is 10.3 Å². The quantitative estimate of drug-likeness (QED) is 0.0577. The summed E-state index contributed by atoms with van der Waals surface area (Å²) in [6, 6.07) is 8.01. The lowest BCUT2D eigenvalue weighted by atomic mass is 10.1. The summed E-state index contributed by atoms with van der Waals surface area (Å²) in [6.45, 7) is 0.689. The van der Waals surface area contributed by atoms with Crippen LogP contribution in [0.5, 0.6) is 11.5 Å². The highest BCUT2D eigenvalue weighted by molar-refractivity contribution is 9.11. The number of benzene rings is 2. The maximum atomic E-state index is 12.3. The van der Waals surface area contributed by atoms with Crippen LogP contribution in [0.2, 0.25) is 0 Å². The molecule has 0 bridgehead atoms. The molecule has 0 atom stereocenters. The normalized spacial score (nSPS) is 11.9. The molecule has 0 aromatic heterocycles. The second kappa shape index (κ2) is 16.1. The van der Waals surface area contributed by atoms with E-state index in [0.29, 0.717) is 49.1 Å². The molecule has 0 aliphatic carbocycles. The molecule has 37 heavy (non-hydrogen) atoms. The fourth-order valence-electron chi connectivity index (χ4n) is 2.82. The Morgan fingerprint density at radius 3 is 1.68 bits per heavy atom. The van der Waals surface area contributed by atoms with Crippen molar-refractivity contribution in [3.05, 3.63) is 54.9 Å². The van der Waals surface area contributed by atoms with E-state index in [1.54, 1.807) is 24.3 Å². The van der Waals surface area contributed by atoms with E-state index in [1.807, 2.05) is 0 Å². The van der Waals surface area contributed by atoms with Crippen LogP contribution in [0.25, 0.3) is 0 Å². The van der Waals surface area contributed by atoms with Crippen LogP contribution in [0, 0.1) is 0 Å². The predicted octanol–water partition coefficient (Wildman–Crippen LogP) is 4.44. The summed E-state index contributed by atoms with van der Waals surface area (Å²) >= 11 is 9.65. The third-order valence-corrected chi connectivity index (χ3v) is 8.88. The van der Waals surface area contributed by atoms with Crippen molar-refractivity contribution >= 4 is 92.6 Å². The number of amides is 2. The third-order valence-electron chi connectivity index (χ3n) is 4.62. The second-order valence-electron chi connectivity index (χ2n) is 7.30. The number of hydrogen-bond donors (Lipinski definition) is 6. The van der Waals surface area contributed by atoms with Crippen LogP contribution in [0.3, 0.4) is 0 Å². The minimum atomic E-state index is -0.503. The van der Waals surface area contributed by atoms with Gasteiger partial charge >= 0.3 is 0 Å². The molecule has 2 amide bonds. The third kappa shape index (κ3) is 10.4. The standard InChI is InChI=1S/C22H23Br3N4O6S2/c23-14-7-12(1-2-19(14)30)10-17(28-34)21(32)26-3-5-36-37-6-4-27-22(33)18(29-35)11-13-8-15(24)20(31)16(25)9-13/h1-2,7-9,30-31,34-35H,3-6,10-11H2,(H,26,32)(H,27,33)/b28-17+,29-18-. The lowest BCUT2D eigenvalue weighted by Crippen LogP contribution is -2.34. The van der Waals surface area contributed by atoms with E-state index >= 15 is 0 Å². The van der Waals surface area contributed by atoms with Crippen LogP contribution in [-0.2, 0) is 22.4 Å². The van der Waals surface area contributed by atoms with Crippen molar-refractivity contribution < 1.29 is 30.2 Å². The number of rotatable bonds is 13. The van der Waals surface area contributed by atoms with Gasteiger partial charge in [-0.2, -0.15) is 0 Å². The summed E-state index contributed by atoms with van der Waals surface area (Å²) in [5.74, 6) is 0.280. The number of nitrogens with zero attached hydrogens (tertiary/aromatic N) is 2. The first kappa shape index (κ1) is 31.3. The van der Waals surface area contributed by atoms with Gasteiger partial charge in [0.1, 0.15) is 22.9 Å². The number of halogens is 3. The largest absolute Gasteiger partial charge is 0.507 e. The molecule has 6 N–H and O–H groups in total. The Bertz CT molecular complexity index is 1160. The highest BCUT2D eigenvalue weighted by Gasteiger charge is 2.16. The molecule has 2 rings (SSSR count). The van der Waals surface area contributed by atoms with Crippen LogP contribution >= 0.6 is 69.4 Å². The van der Waals surface area contributed by atoms with Gasteiger partial charge in [-0.3, -0.25) is 9.59 Å². The fraction of sp³-hybridized carbons (Fsp3) is 0.273. The molecule has 0 saturated carbocycles. The minimum absolute atomic E-state index is 0.0363. The highest BCUT2D eigenvalue weighted by atomic mass is 79.9. The van der Waals surface area contributed by atoms with E-state index in [2.05, 4.69) is 68.7 Å². The monoisotopic (exact) mass is 740 g/mol. The average Bonchev–Trinajstić information content (AvgIpc) is 2.87. The van der Waals surface area contributed by atoms with Gasteiger partial charge in [-0.1, -0.05) is 38.0 Å². The number of carbonyl (C=O) groups excluding carboxylic acids is 2. The molecule has 0 heterocycles. The fourth-order valence-corrected chi connectivity index (χ4v) is 6.34. The zero-order valence-electron chi connectivity index (χ0n) is 19.1. The molecule has 0 aliphatic heterocycles. The molecule has 0 saturated heterocycles. The Morgan fingerprint density at radius 1 is 0.757 bits per heavy atom. The number of phenols is 2. The van der Waals surface area contributed by atoms with E-state index in [4.69, 9.17) is 0 Å². The topological polar surface area (TPSA) is 164 Å². The number of aromatic hydroxyl groups is 2. The second-order valence-corrected chi connectivity index (χ2v) is 12.6. The van der Waals surface area contributed by atoms with Crippen LogP contribution in [-0.4, -0.2) is 68.5 Å². The van der Waals surface area contributed by atoms with Gasteiger partial charge in [0.05, 0.1) is 13.4 Å². The maximum Gasteiger partial charge on any atom is 0.269 e. The van der Waals surface area contributed by atoms with E-state index in [-0.39, 0.29) is 35.8 Å². The first-order valence-electron chi connectivity index (χ1n) is 10.5. The lowest BCUT2D eigenvalue weighted by molar-refractivity contribution is -0.115. The minimum Gasteiger partial charge on any atom is -0.507 e. The van der Waals surface area contributed by atoms with Crippen molar-refractivity contribution in [1.29, 1.82) is 0 Å². The SMILES string of the molecule is O=C(NCCSSCCNC(=O)/C(Cc1ccc(O)c(Br)c1)=N/O)/C(Cc1cc(Br)c(O)c(Br)c1)=N\O. The van der Waals surface area contributed by atoms with Gasteiger partial charge in [0, 0.05) is 37.4 Å². The summed E-state index contributed by atoms with van der Waals surface area (Å²) in [5, 5.41) is 49.3. The number of phenolic OH excluding ortho intramolecular Hbond substituents is 2. The van der Waals surface area contributed by atoms with E-state index in [0.717, 1.165) is 0 Å². The molecular weight excluding hydrogens is 720 g/mol. The van der Waals surface area contributed by atoms with Crippen molar-refractivity contribution in [2.75, 3.05) is 24.6 Å². The Kier molecular flexibility index (Phi) is 13.6. The molecule has 200 valence electrons. The summed E-state index contributed by atoms with van der Waals surface area (Å²) in [4.78, 5) is 24.5. The lowest BCUT2D eigenvalue weighted by Gasteiger charge is -2.09. The molecule has 0 unspecified atom stereocenters. The Hall–Kier alpha value is -1.94. The van der Waals surface area contributed by atoms with Crippen LogP contribution < -0.4 is 10.6 Å². The number of hydrogen-bond acceptors (Lipinski definition) is 10. The first-order chi connectivity index (χ1) is 17.7. The molecule has 10 nitrogen and oxygen atoms in total. The van der Waals surface area contributed by atoms with E-state index in [1.165, 1.54) is 27.7 Å². The van der Waals surface area contributed by atoms with Crippen molar-refractivity contribution in [1.82, 2.24) is 10.6 Å². The molecule has 0 radical (unpaired) electrons. The van der Waals surface area contributed by atoms with Gasteiger partial charge in [-0.25, -0.2) is 0 Å². The summed E-state index contributed by atoms with van der Waals surface area (Å²) in [6.07, 6.45) is 0.174. The van der Waals surface area contributed by atoms with Gasteiger partial charge in [-0.05, 0) is 83.2 Å². The molecule has 2 aromatic rings. The summed E-state index contributed by atoms with van der Waals surface area (Å²) < 4.78 is 1.38. The van der Waals surface area contributed by atoms with Crippen LogP contribution in [0.15, 0.2) is 54.1 Å². The zero-order chi connectivity index (χ0) is 27.4. The Morgan fingerprint density at radius 2 is 1.22 bits per heavy atom. The predicted molar refractivity (Wildman–Crippen MR) is 156 cm³/mol. The van der Waals surface area contributed by atoms with Gasteiger partial charge in [0.2, 0.25) is 0 Å². The molecule has 0 aliphatic rings. The zero-order valence-corrected chi connectivity index (χ0v) is 25.5. The molecule has 15 heteroatoms. The first-order valence-corrected chi connectivity index (χ1v) is 15.4. The molecular formula is C22H23Br3N4O6S2. The average molecular weight is 743 g/mol. The Labute approximate surface area is 246 Å². The van der Waals surface area contributed by atoms with Crippen LogP contribution in [0.1, 0.15) is 11.1 Å². The van der Waals surface area contributed by atoms with Crippen molar-refractivity contribution in [3.8, 4) is 11.5 Å². The highest BCUT2D eigenvalue weighted by Crippen LogP contribution is 2.33. The maximum absolute atomic E-state index is 12.3. The van der Waals surface area contributed by atoms with Gasteiger partial charge in [0.15, 0.2) is 0 Å². The molecule has 0 fully saturated rings. The van der Waals surface area contributed by atoms with Gasteiger partial charge in [-0.15, -0.1) is 0 Å². The smallest absolute Gasteiger partial charge is 0.269 e. The summed E-state index contributed by atoms with van der Waals surface area (Å²) in [5.41, 5.74) is 1.24. The van der Waals surface area contributed by atoms with Crippen LogP contribution in [0.4, 0.5) is 0 Å². The number of oxime groups is 2. The van der Waals surface area contributed by atoms with E-state index in [9.17, 15) is 30.2 Å². The van der Waals surface area contributed by atoms with Gasteiger partial charge in [0.25, 0.3) is 11.8 Å². The summed E-state index contributed by atoms with van der Waals surface area (Å²) in [7, 11) is 2.99. The van der Waals surface area contributed by atoms with Gasteiger partial charge < -0.3 is 31.3 Å². The Balaban J connectivity index is 1.64. The van der Waals surface area contributed by atoms with Crippen molar-refractivity contribution in [3.63, 3.8) is 0 Å².